The molecule has 2 aliphatic heterocycles. The molecule has 0 radical (unpaired) electrons. The summed E-state index contributed by atoms with van der Waals surface area (Å²) in [6.45, 7) is 5.83. The van der Waals surface area contributed by atoms with Gasteiger partial charge in [0.2, 0.25) is 11.8 Å². The third kappa shape index (κ3) is 5.60. The topological polar surface area (TPSA) is 119 Å². The molecule has 2 atom stereocenters. The van der Waals surface area contributed by atoms with Gasteiger partial charge in [0.25, 0.3) is 17.7 Å². The van der Waals surface area contributed by atoms with Crippen LogP contribution >= 0.6 is 0 Å². The molecule has 1 saturated heterocycles. The summed E-state index contributed by atoms with van der Waals surface area (Å²) < 4.78 is 0. The van der Waals surface area contributed by atoms with E-state index in [1.54, 1.807) is 74.5 Å². The van der Waals surface area contributed by atoms with Crippen LogP contribution in [0.4, 0.5) is 4.79 Å². The predicted octanol–water partition coefficient (Wildman–Crippen LogP) is 2.50. The molecule has 0 N–H and O–H groups in total. The van der Waals surface area contributed by atoms with Gasteiger partial charge in [-0.2, -0.15) is 4.90 Å². The summed E-state index contributed by atoms with van der Waals surface area (Å²) in [5.41, 5.74) is 1.35. The van der Waals surface area contributed by atoms with E-state index in [2.05, 4.69) is 0 Å². The summed E-state index contributed by atoms with van der Waals surface area (Å²) in [5.74, 6) is -3.65. The minimum atomic E-state index is -1.44. The molecule has 2 aromatic carbocycles. The van der Waals surface area contributed by atoms with Crippen LogP contribution in [0, 0.1) is 5.92 Å². The van der Waals surface area contributed by atoms with Crippen molar-refractivity contribution in [2.75, 3.05) is 13.6 Å². The first-order valence-electron chi connectivity index (χ1n) is 13.3. The average molecular weight is 560 g/mol. The largest absolute Gasteiger partial charge is 0.333 e. The fourth-order valence-electron chi connectivity index (χ4n) is 5.15. The second kappa shape index (κ2) is 11.7. The van der Waals surface area contributed by atoms with Gasteiger partial charge in [0.1, 0.15) is 18.6 Å². The van der Waals surface area contributed by atoms with Crippen LogP contribution < -0.4 is 0 Å². The van der Waals surface area contributed by atoms with Crippen molar-refractivity contribution in [3.8, 4) is 0 Å². The van der Waals surface area contributed by atoms with E-state index in [-0.39, 0.29) is 30.5 Å². The molecule has 11 nitrogen and oxygen atoms in total. The lowest BCUT2D eigenvalue weighted by Crippen LogP contribution is -2.65. The summed E-state index contributed by atoms with van der Waals surface area (Å²) in [7, 11) is 1.40. The van der Waals surface area contributed by atoms with Gasteiger partial charge < -0.3 is 9.80 Å². The Labute approximate surface area is 238 Å². The van der Waals surface area contributed by atoms with Crippen LogP contribution in [0.2, 0.25) is 0 Å². The summed E-state index contributed by atoms with van der Waals surface area (Å²) in [6.07, 6.45) is 1.41. The van der Waals surface area contributed by atoms with Crippen LogP contribution in [0.15, 0.2) is 66.9 Å². The van der Waals surface area contributed by atoms with E-state index in [4.69, 9.17) is 0 Å². The quantitative estimate of drug-likeness (QED) is 0.481. The maximum Gasteiger partial charge on any atom is 0.333 e. The Morgan fingerprint density at radius 1 is 0.927 bits per heavy atom. The molecular weight excluding hydrogens is 526 g/mol. The zero-order valence-corrected chi connectivity index (χ0v) is 23.7. The van der Waals surface area contributed by atoms with E-state index in [9.17, 15) is 28.8 Å². The normalized spacial score (nSPS) is 18.1. The lowest BCUT2D eigenvalue weighted by molar-refractivity contribution is -0.170. The standard InChI is InChI=1S/C30H33N5O6/c1-19(2)27-29(40)35(25(17-32(27)20(3)36)23-14-10-7-11-15-23)34(21(4)37)24(16-22-12-8-6-9-13-22)28(39)33-26(38)18-31(5)30(33)41/h6-15,17,19,24,27H,16,18H2,1-5H3/t24-,27?/m0/s1. The first-order chi connectivity index (χ1) is 19.4. The number of benzene rings is 2. The molecule has 0 aliphatic carbocycles. The summed E-state index contributed by atoms with van der Waals surface area (Å²) in [4.78, 5) is 83.2. The highest BCUT2D eigenvalue weighted by molar-refractivity contribution is 6.16. The van der Waals surface area contributed by atoms with E-state index in [0.717, 1.165) is 14.9 Å². The molecule has 0 spiro atoms. The molecule has 1 unspecified atom stereocenters. The van der Waals surface area contributed by atoms with Crippen molar-refractivity contribution in [3.63, 3.8) is 0 Å². The number of urea groups is 1. The van der Waals surface area contributed by atoms with Crippen molar-refractivity contribution in [1.82, 2.24) is 24.7 Å². The fraction of sp³-hybridized carbons (Fsp3) is 0.333. The monoisotopic (exact) mass is 559 g/mol. The van der Waals surface area contributed by atoms with Gasteiger partial charge in [0, 0.05) is 39.1 Å². The Morgan fingerprint density at radius 2 is 1.51 bits per heavy atom. The number of carbonyl (C=O) groups excluding carboxylic acids is 6. The first-order valence-corrected chi connectivity index (χ1v) is 13.3. The number of hydrogen-bond donors (Lipinski definition) is 0. The van der Waals surface area contributed by atoms with Crippen molar-refractivity contribution >= 4 is 41.3 Å². The summed E-state index contributed by atoms with van der Waals surface area (Å²) in [5, 5.41) is 2.14. The Hall–Kier alpha value is -4.80. The Balaban J connectivity index is 1.93. The van der Waals surface area contributed by atoms with Crippen molar-refractivity contribution in [2.24, 2.45) is 5.92 Å². The average Bonchev–Trinajstić information content (AvgIpc) is 3.19. The second-order valence-corrected chi connectivity index (χ2v) is 10.4. The van der Waals surface area contributed by atoms with Crippen LogP contribution in [0.25, 0.3) is 5.70 Å². The van der Waals surface area contributed by atoms with Crippen LogP contribution in [0.1, 0.15) is 38.8 Å². The van der Waals surface area contributed by atoms with Crippen molar-refractivity contribution in [1.29, 1.82) is 0 Å². The maximum atomic E-state index is 14.3. The molecule has 11 heteroatoms. The molecule has 0 aromatic heterocycles. The Bertz CT molecular complexity index is 1410. The highest BCUT2D eigenvalue weighted by Gasteiger charge is 2.49. The molecule has 0 bridgehead atoms. The third-order valence-corrected chi connectivity index (χ3v) is 7.07. The van der Waals surface area contributed by atoms with Gasteiger partial charge >= 0.3 is 6.03 Å². The van der Waals surface area contributed by atoms with Crippen LogP contribution in [-0.4, -0.2) is 86.0 Å². The SMILES string of the molecule is CC(=O)N1C=C(c2ccccc2)N(N(C(C)=O)[C@@H](Cc2ccccc2)C(=O)N2C(=O)CN(C)C2=O)C(=O)C1C(C)C. The van der Waals surface area contributed by atoms with Crippen molar-refractivity contribution in [3.05, 3.63) is 78.0 Å². The summed E-state index contributed by atoms with van der Waals surface area (Å²) in [6, 6.07) is 14.3. The molecule has 0 saturated carbocycles. The molecule has 41 heavy (non-hydrogen) atoms. The lowest BCUT2D eigenvalue weighted by atomic mass is 9.97. The molecule has 214 valence electrons. The number of hydrazine groups is 1. The van der Waals surface area contributed by atoms with Crippen molar-refractivity contribution in [2.45, 2.75) is 46.2 Å². The highest BCUT2D eigenvalue weighted by Crippen LogP contribution is 2.33. The van der Waals surface area contributed by atoms with E-state index in [0.29, 0.717) is 16.0 Å². The molecule has 1 fully saturated rings. The minimum Gasteiger partial charge on any atom is -0.318 e. The first kappa shape index (κ1) is 29.2. The number of amides is 7. The Morgan fingerprint density at radius 3 is 2.00 bits per heavy atom. The van der Waals surface area contributed by atoms with E-state index in [1.165, 1.54) is 32.0 Å². The van der Waals surface area contributed by atoms with Crippen LogP contribution in [-0.2, 0) is 30.4 Å². The molecule has 2 heterocycles. The zero-order chi connectivity index (χ0) is 30.0. The maximum absolute atomic E-state index is 14.3. The number of hydrogen-bond acceptors (Lipinski definition) is 6. The zero-order valence-electron chi connectivity index (χ0n) is 23.7. The second-order valence-electron chi connectivity index (χ2n) is 10.4. The fourth-order valence-corrected chi connectivity index (χ4v) is 5.15. The van der Waals surface area contributed by atoms with Gasteiger partial charge in [-0.05, 0) is 11.5 Å². The number of likely N-dealkylation sites (N-methyl/N-ethyl adjacent to an activating group) is 1. The smallest absolute Gasteiger partial charge is 0.318 e. The van der Waals surface area contributed by atoms with Crippen molar-refractivity contribution < 1.29 is 28.8 Å². The van der Waals surface area contributed by atoms with Gasteiger partial charge in [-0.15, -0.1) is 0 Å². The molecule has 2 aliphatic rings. The van der Waals surface area contributed by atoms with E-state index < -0.39 is 41.7 Å². The number of rotatable bonds is 7. The number of nitrogens with zero attached hydrogens (tertiary/aromatic N) is 5. The van der Waals surface area contributed by atoms with Gasteiger partial charge in [-0.1, -0.05) is 74.5 Å². The van der Waals surface area contributed by atoms with Crippen LogP contribution in [0.5, 0.6) is 0 Å². The van der Waals surface area contributed by atoms with Gasteiger partial charge in [-0.3, -0.25) is 24.0 Å². The number of carbonyl (C=O) groups is 6. The van der Waals surface area contributed by atoms with E-state index in [1.807, 2.05) is 0 Å². The lowest BCUT2D eigenvalue weighted by Gasteiger charge is -2.47. The number of imide groups is 3. The van der Waals surface area contributed by atoms with Crippen LogP contribution in [0.3, 0.4) is 0 Å². The van der Waals surface area contributed by atoms with Gasteiger partial charge in [-0.25, -0.2) is 14.8 Å². The molecule has 4 rings (SSSR count). The molecule has 7 amide bonds. The molecular formula is C30H33N5O6. The molecule has 2 aromatic rings. The third-order valence-electron chi connectivity index (χ3n) is 7.07. The summed E-state index contributed by atoms with van der Waals surface area (Å²) >= 11 is 0. The highest BCUT2D eigenvalue weighted by atomic mass is 16.2. The predicted molar refractivity (Wildman–Crippen MR) is 149 cm³/mol. The Kier molecular flexibility index (Phi) is 8.36. The van der Waals surface area contributed by atoms with E-state index >= 15 is 0 Å². The van der Waals surface area contributed by atoms with Gasteiger partial charge in [0.15, 0.2) is 0 Å². The van der Waals surface area contributed by atoms with Gasteiger partial charge in [0.05, 0.1) is 5.70 Å². The minimum absolute atomic E-state index is 0.0886.